The van der Waals surface area contributed by atoms with Crippen molar-refractivity contribution in [2.24, 2.45) is 0 Å². The minimum atomic E-state index is -3.71. The minimum Gasteiger partial charge on any atom is -0.374 e. The van der Waals surface area contributed by atoms with E-state index in [0.717, 1.165) is 18.7 Å². The number of ether oxygens (including phenoxy) is 1. The van der Waals surface area contributed by atoms with Gasteiger partial charge in [-0.2, -0.15) is 0 Å². The maximum Gasteiger partial charge on any atom is 0.240 e. The highest BCUT2D eigenvalue weighted by Gasteiger charge is 2.19. The highest BCUT2D eigenvalue weighted by Crippen LogP contribution is 2.19. The fourth-order valence-corrected chi connectivity index (χ4v) is 3.02. The highest BCUT2D eigenvalue weighted by molar-refractivity contribution is 7.89. The summed E-state index contributed by atoms with van der Waals surface area (Å²) in [6, 6.07) is 3.28. The van der Waals surface area contributed by atoms with Gasteiger partial charge in [0.2, 0.25) is 10.0 Å². The van der Waals surface area contributed by atoms with E-state index in [1.807, 2.05) is 0 Å². The molecule has 1 aliphatic rings. The van der Waals surface area contributed by atoms with Crippen LogP contribution in [0.4, 0.5) is 4.39 Å². The Labute approximate surface area is 116 Å². The second-order valence-corrected chi connectivity index (χ2v) is 6.30. The van der Waals surface area contributed by atoms with E-state index < -0.39 is 15.8 Å². The van der Waals surface area contributed by atoms with Crippen molar-refractivity contribution in [2.75, 3.05) is 26.2 Å². The maximum atomic E-state index is 13.0. The predicted molar refractivity (Wildman–Crippen MR) is 69.2 cm³/mol. The molecule has 0 aromatic heterocycles. The van der Waals surface area contributed by atoms with Gasteiger partial charge in [-0.3, -0.25) is 0 Å². The Morgan fingerprint density at radius 3 is 2.95 bits per heavy atom. The topological polar surface area (TPSA) is 67.4 Å². The normalized spacial score (nSPS) is 20.4. The van der Waals surface area contributed by atoms with Crippen molar-refractivity contribution in [3.05, 3.63) is 29.0 Å². The first kappa shape index (κ1) is 14.7. The third-order valence-corrected chi connectivity index (χ3v) is 4.42. The Balaban J connectivity index is 2.02. The fraction of sp³-hybridized carbons (Fsp3) is 0.455. The van der Waals surface area contributed by atoms with Crippen LogP contribution in [0.15, 0.2) is 23.1 Å². The Morgan fingerprint density at radius 1 is 1.53 bits per heavy atom. The van der Waals surface area contributed by atoms with Gasteiger partial charge in [0, 0.05) is 19.6 Å². The van der Waals surface area contributed by atoms with Crippen LogP contribution in [0.2, 0.25) is 5.02 Å². The van der Waals surface area contributed by atoms with Gasteiger partial charge in [-0.25, -0.2) is 17.5 Å². The SMILES string of the molecule is O=S(=O)(NCC1CNCCO1)c1ccc(F)c(Cl)c1. The molecule has 0 saturated carbocycles. The molecule has 0 spiro atoms. The summed E-state index contributed by atoms with van der Waals surface area (Å²) in [5.41, 5.74) is 0. The average Bonchev–Trinajstić information content (AvgIpc) is 2.41. The molecule has 106 valence electrons. The number of halogens is 2. The van der Waals surface area contributed by atoms with Crippen LogP contribution in [-0.4, -0.2) is 40.8 Å². The molecule has 1 unspecified atom stereocenters. The van der Waals surface area contributed by atoms with Crippen LogP contribution in [0.1, 0.15) is 0 Å². The largest absolute Gasteiger partial charge is 0.374 e. The zero-order chi connectivity index (χ0) is 13.9. The summed E-state index contributed by atoms with van der Waals surface area (Å²) >= 11 is 5.57. The summed E-state index contributed by atoms with van der Waals surface area (Å²) < 4.78 is 44.7. The van der Waals surface area contributed by atoms with E-state index in [-0.39, 0.29) is 22.6 Å². The Bertz CT molecular complexity index is 547. The lowest BCUT2D eigenvalue weighted by atomic mass is 10.3. The third kappa shape index (κ3) is 3.87. The van der Waals surface area contributed by atoms with Crippen LogP contribution in [-0.2, 0) is 14.8 Å². The minimum absolute atomic E-state index is 0.0670. The first-order valence-corrected chi connectivity index (χ1v) is 7.62. The lowest BCUT2D eigenvalue weighted by molar-refractivity contribution is 0.0324. The van der Waals surface area contributed by atoms with Gasteiger partial charge < -0.3 is 10.1 Å². The van der Waals surface area contributed by atoms with Gasteiger partial charge in [0.15, 0.2) is 0 Å². The molecule has 1 fully saturated rings. The molecule has 19 heavy (non-hydrogen) atoms. The molecule has 1 heterocycles. The molecular weight excluding hydrogens is 295 g/mol. The van der Waals surface area contributed by atoms with E-state index in [1.54, 1.807) is 0 Å². The molecule has 1 saturated heterocycles. The molecule has 1 aromatic rings. The molecule has 0 aliphatic carbocycles. The van der Waals surface area contributed by atoms with E-state index in [2.05, 4.69) is 10.0 Å². The van der Waals surface area contributed by atoms with Crippen molar-refractivity contribution < 1.29 is 17.5 Å². The van der Waals surface area contributed by atoms with Gasteiger partial charge in [-0.1, -0.05) is 11.6 Å². The molecule has 8 heteroatoms. The highest BCUT2D eigenvalue weighted by atomic mass is 35.5. The van der Waals surface area contributed by atoms with Crippen molar-refractivity contribution in [2.45, 2.75) is 11.0 Å². The van der Waals surface area contributed by atoms with Gasteiger partial charge in [-0.05, 0) is 18.2 Å². The van der Waals surface area contributed by atoms with Crippen molar-refractivity contribution in [1.82, 2.24) is 10.0 Å². The van der Waals surface area contributed by atoms with Gasteiger partial charge in [0.05, 0.1) is 22.6 Å². The third-order valence-electron chi connectivity index (χ3n) is 2.71. The van der Waals surface area contributed by atoms with E-state index >= 15 is 0 Å². The number of nitrogens with one attached hydrogen (secondary N) is 2. The number of hydrogen-bond donors (Lipinski definition) is 2. The van der Waals surface area contributed by atoms with Crippen molar-refractivity contribution in [1.29, 1.82) is 0 Å². The van der Waals surface area contributed by atoms with Crippen molar-refractivity contribution >= 4 is 21.6 Å². The first-order valence-electron chi connectivity index (χ1n) is 5.76. The molecule has 1 aliphatic heterocycles. The standard InChI is InChI=1S/C11H14ClFN2O3S/c12-10-5-9(1-2-11(10)13)19(16,17)15-7-8-6-14-3-4-18-8/h1-2,5,8,14-15H,3-4,6-7H2. The number of benzene rings is 1. The van der Waals surface area contributed by atoms with E-state index in [9.17, 15) is 12.8 Å². The predicted octanol–water partition coefficient (Wildman–Crippen LogP) is 0.746. The average molecular weight is 309 g/mol. The van der Waals surface area contributed by atoms with Crippen LogP contribution < -0.4 is 10.0 Å². The Hall–Kier alpha value is -0.730. The molecular formula is C11H14ClFN2O3S. The lowest BCUT2D eigenvalue weighted by Gasteiger charge is -2.23. The molecule has 2 N–H and O–H groups in total. The summed E-state index contributed by atoms with van der Waals surface area (Å²) in [7, 11) is -3.71. The van der Waals surface area contributed by atoms with Crippen LogP contribution >= 0.6 is 11.6 Å². The molecule has 5 nitrogen and oxygen atoms in total. The second-order valence-electron chi connectivity index (χ2n) is 4.12. The van der Waals surface area contributed by atoms with Crippen molar-refractivity contribution in [3.63, 3.8) is 0 Å². The summed E-state index contributed by atoms with van der Waals surface area (Å²) in [5.74, 6) is -0.652. The fourth-order valence-electron chi connectivity index (χ4n) is 1.68. The Kier molecular flexibility index (Phi) is 4.75. The van der Waals surface area contributed by atoms with Gasteiger partial charge >= 0.3 is 0 Å². The number of hydrogen-bond acceptors (Lipinski definition) is 4. The van der Waals surface area contributed by atoms with Gasteiger partial charge in [0.1, 0.15) is 5.82 Å². The molecule has 0 amide bonds. The first-order chi connectivity index (χ1) is 8.99. The summed E-state index contributed by atoms with van der Waals surface area (Å²) in [5, 5.41) is 2.87. The smallest absolute Gasteiger partial charge is 0.240 e. The molecule has 0 bridgehead atoms. The molecule has 0 radical (unpaired) electrons. The van der Waals surface area contributed by atoms with Crippen LogP contribution in [0, 0.1) is 5.82 Å². The van der Waals surface area contributed by atoms with Gasteiger partial charge in [-0.15, -0.1) is 0 Å². The zero-order valence-corrected chi connectivity index (χ0v) is 11.6. The molecule has 1 atom stereocenters. The quantitative estimate of drug-likeness (QED) is 0.861. The summed E-state index contributed by atoms with van der Waals surface area (Å²) in [4.78, 5) is -0.0670. The van der Waals surface area contributed by atoms with Gasteiger partial charge in [0.25, 0.3) is 0 Å². The number of morpholine rings is 1. The summed E-state index contributed by atoms with van der Waals surface area (Å²) in [6.07, 6.45) is -0.209. The number of sulfonamides is 1. The lowest BCUT2D eigenvalue weighted by Crippen LogP contribution is -2.45. The van der Waals surface area contributed by atoms with Crippen molar-refractivity contribution in [3.8, 4) is 0 Å². The van der Waals surface area contributed by atoms with Crippen LogP contribution in [0.25, 0.3) is 0 Å². The zero-order valence-electron chi connectivity index (χ0n) is 10.0. The van der Waals surface area contributed by atoms with E-state index in [4.69, 9.17) is 16.3 Å². The molecule has 1 aromatic carbocycles. The van der Waals surface area contributed by atoms with E-state index in [0.29, 0.717) is 13.2 Å². The monoisotopic (exact) mass is 308 g/mol. The Morgan fingerprint density at radius 2 is 2.32 bits per heavy atom. The van der Waals surface area contributed by atoms with E-state index in [1.165, 1.54) is 6.07 Å². The van der Waals surface area contributed by atoms with Crippen LogP contribution in [0.3, 0.4) is 0 Å². The number of rotatable bonds is 4. The molecule has 2 rings (SSSR count). The summed E-state index contributed by atoms with van der Waals surface area (Å²) in [6.45, 7) is 2.06. The van der Waals surface area contributed by atoms with Crippen LogP contribution in [0.5, 0.6) is 0 Å². The second kappa shape index (κ2) is 6.15. The maximum absolute atomic E-state index is 13.0.